The van der Waals surface area contributed by atoms with Crippen LogP contribution in [0, 0.1) is 5.41 Å². The van der Waals surface area contributed by atoms with E-state index in [-0.39, 0.29) is 17.5 Å². The van der Waals surface area contributed by atoms with Gasteiger partial charge in [-0.25, -0.2) is 4.79 Å². The maximum Gasteiger partial charge on any atom is 0.416 e. The second kappa shape index (κ2) is 9.34. The lowest BCUT2D eigenvalue weighted by atomic mass is 9.82. The predicted molar refractivity (Wildman–Crippen MR) is 139 cm³/mol. The van der Waals surface area contributed by atoms with Crippen LogP contribution < -0.4 is 5.32 Å². The lowest BCUT2D eigenvalue weighted by molar-refractivity contribution is -0.137. The topological polar surface area (TPSA) is 83.3 Å². The molecule has 3 heterocycles. The van der Waals surface area contributed by atoms with Crippen LogP contribution in [0.4, 0.5) is 29.3 Å². The molecular weight excluding hydrogens is 495 g/mol. The molecule has 1 fully saturated rings. The summed E-state index contributed by atoms with van der Waals surface area (Å²) in [6.07, 6.45) is -1.26. The number of nitrogens with zero attached hydrogens (tertiary/aromatic N) is 4. The third-order valence-corrected chi connectivity index (χ3v) is 6.96. The minimum absolute atomic E-state index is 0.147. The van der Waals surface area contributed by atoms with Crippen molar-refractivity contribution in [2.45, 2.75) is 45.5 Å². The van der Waals surface area contributed by atoms with E-state index in [1.807, 2.05) is 43.7 Å². The molecule has 2 unspecified atom stereocenters. The van der Waals surface area contributed by atoms with Crippen LogP contribution >= 0.6 is 0 Å². The molecule has 1 saturated heterocycles. The molecular formula is C28H28F3N5O2. The van der Waals surface area contributed by atoms with Crippen molar-refractivity contribution in [2.24, 2.45) is 5.41 Å². The first-order valence-corrected chi connectivity index (χ1v) is 12.3. The third kappa shape index (κ3) is 4.78. The van der Waals surface area contributed by atoms with E-state index in [0.29, 0.717) is 30.0 Å². The zero-order valence-electron chi connectivity index (χ0n) is 21.2. The number of nitrogens with one attached hydrogen (secondary N) is 1. The summed E-state index contributed by atoms with van der Waals surface area (Å²) >= 11 is 0. The van der Waals surface area contributed by atoms with Crippen LogP contribution in [0.2, 0.25) is 0 Å². The average Bonchev–Trinajstić information content (AvgIpc) is 3.47. The highest BCUT2D eigenvalue weighted by atomic mass is 19.4. The Labute approximate surface area is 217 Å². The fraction of sp³-hybridized carbons (Fsp3) is 0.321. The molecule has 2 aromatic heterocycles. The first kappa shape index (κ1) is 25.6. The standard InChI is InChI=1S/C28H28F3N5O2/c1-27(2,3)25-23(12-14-35(25)26(37)38)36-22-11-13-32-16-21(22)24(34-36)17-7-9-19(10-8-17)33-20-6-4-5-18(15-20)28(29,30)31/h4-11,13,15-16,23,25,33H,12,14H2,1-3H3,(H,37,38). The van der Waals surface area contributed by atoms with Crippen LogP contribution in [0.3, 0.4) is 0 Å². The van der Waals surface area contributed by atoms with E-state index in [4.69, 9.17) is 5.10 Å². The van der Waals surface area contributed by atoms with Crippen molar-refractivity contribution < 1.29 is 23.1 Å². The molecule has 0 aliphatic carbocycles. The maximum atomic E-state index is 13.1. The Kier molecular flexibility index (Phi) is 6.28. The van der Waals surface area contributed by atoms with Crippen molar-refractivity contribution >= 4 is 28.4 Å². The van der Waals surface area contributed by atoms with E-state index in [1.54, 1.807) is 30.6 Å². The number of hydrogen-bond donors (Lipinski definition) is 2. The fourth-order valence-electron chi connectivity index (χ4n) is 5.39. The van der Waals surface area contributed by atoms with Crippen molar-refractivity contribution in [1.29, 1.82) is 0 Å². The highest BCUT2D eigenvalue weighted by molar-refractivity contribution is 5.93. The van der Waals surface area contributed by atoms with E-state index in [9.17, 15) is 23.1 Å². The molecule has 198 valence electrons. The number of halogens is 3. The molecule has 1 amide bonds. The fourth-order valence-corrected chi connectivity index (χ4v) is 5.39. The van der Waals surface area contributed by atoms with Gasteiger partial charge in [0.2, 0.25) is 0 Å². The van der Waals surface area contributed by atoms with Gasteiger partial charge in [-0.3, -0.25) is 9.67 Å². The molecule has 5 rings (SSSR count). The quantitative estimate of drug-likeness (QED) is 0.296. The number of fused-ring (bicyclic) bond motifs is 1. The number of hydrogen-bond acceptors (Lipinski definition) is 4. The van der Waals surface area contributed by atoms with Gasteiger partial charge in [0, 0.05) is 41.3 Å². The zero-order chi connectivity index (χ0) is 27.2. The SMILES string of the molecule is CC(C)(C)C1C(n2nc(-c3ccc(Nc4cccc(C(F)(F)F)c4)cc3)c3cnccc32)CCN1C(=O)O. The first-order valence-electron chi connectivity index (χ1n) is 12.3. The number of benzene rings is 2. The van der Waals surface area contributed by atoms with Crippen molar-refractivity contribution in [3.8, 4) is 11.3 Å². The van der Waals surface area contributed by atoms with E-state index >= 15 is 0 Å². The summed E-state index contributed by atoms with van der Waals surface area (Å²) < 4.78 is 41.1. The monoisotopic (exact) mass is 523 g/mol. The van der Waals surface area contributed by atoms with Gasteiger partial charge in [-0.2, -0.15) is 18.3 Å². The molecule has 0 radical (unpaired) electrons. The molecule has 0 bridgehead atoms. The number of aromatic nitrogens is 3. The summed E-state index contributed by atoms with van der Waals surface area (Å²) in [5.74, 6) is 0. The van der Waals surface area contributed by atoms with Gasteiger partial charge < -0.3 is 15.3 Å². The van der Waals surface area contributed by atoms with Gasteiger partial charge in [-0.05, 0) is 48.2 Å². The molecule has 1 aliphatic rings. The highest BCUT2D eigenvalue weighted by Gasteiger charge is 2.46. The number of anilines is 2. The molecule has 2 atom stereocenters. The number of rotatable bonds is 4. The summed E-state index contributed by atoms with van der Waals surface area (Å²) in [6, 6.07) is 13.8. The highest BCUT2D eigenvalue weighted by Crippen LogP contribution is 2.42. The second-order valence-electron chi connectivity index (χ2n) is 10.6. The number of amides is 1. The first-order chi connectivity index (χ1) is 17.9. The molecule has 1 aliphatic heterocycles. The minimum Gasteiger partial charge on any atom is -0.465 e. The number of likely N-dealkylation sites (tertiary alicyclic amines) is 1. The average molecular weight is 524 g/mol. The Morgan fingerprint density at radius 3 is 2.45 bits per heavy atom. The zero-order valence-corrected chi connectivity index (χ0v) is 21.2. The van der Waals surface area contributed by atoms with Crippen molar-refractivity contribution in [1.82, 2.24) is 19.7 Å². The minimum atomic E-state index is -4.41. The van der Waals surface area contributed by atoms with Gasteiger partial charge in [0.15, 0.2) is 0 Å². The van der Waals surface area contributed by atoms with Crippen LogP contribution in [-0.2, 0) is 6.18 Å². The Morgan fingerprint density at radius 1 is 1.05 bits per heavy atom. The van der Waals surface area contributed by atoms with E-state index in [2.05, 4.69) is 10.3 Å². The van der Waals surface area contributed by atoms with Gasteiger partial charge in [0.25, 0.3) is 0 Å². The molecule has 38 heavy (non-hydrogen) atoms. The van der Waals surface area contributed by atoms with Gasteiger partial charge in [0.05, 0.1) is 23.2 Å². The predicted octanol–water partition coefficient (Wildman–Crippen LogP) is 7.20. The van der Waals surface area contributed by atoms with Crippen LogP contribution in [-0.4, -0.2) is 43.5 Å². The Morgan fingerprint density at radius 2 is 1.79 bits per heavy atom. The van der Waals surface area contributed by atoms with Gasteiger partial charge in [-0.15, -0.1) is 0 Å². The summed E-state index contributed by atoms with van der Waals surface area (Å²) in [7, 11) is 0. The van der Waals surface area contributed by atoms with Crippen LogP contribution in [0.1, 0.15) is 38.8 Å². The molecule has 2 N–H and O–H groups in total. The van der Waals surface area contributed by atoms with Crippen molar-refractivity contribution in [3.05, 3.63) is 72.6 Å². The largest absolute Gasteiger partial charge is 0.465 e. The summed E-state index contributed by atoms with van der Waals surface area (Å²) in [4.78, 5) is 17.8. The smallest absolute Gasteiger partial charge is 0.416 e. The van der Waals surface area contributed by atoms with Gasteiger partial charge >= 0.3 is 12.3 Å². The Hall–Kier alpha value is -4.08. The Bertz CT molecular complexity index is 1470. The van der Waals surface area contributed by atoms with Crippen molar-refractivity contribution in [3.63, 3.8) is 0 Å². The molecule has 2 aromatic carbocycles. The van der Waals surface area contributed by atoms with Gasteiger partial charge in [0.1, 0.15) is 5.69 Å². The number of pyridine rings is 1. The summed E-state index contributed by atoms with van der Waals surface area (Å²) in [5.41, 5.74) is 2.34. The molecule has 7 nitrogen and oxygen atoms in total. The molecule has 10 heteroatoms. The second-order valence-corrected chi connectivity index (χ2v) is 10.6. The van der Waals surface area contributed by atoms with E-state index < -0.39 is 17.8 Å². The third-order valence-electron chi connectivity index (χ3n) is 6.96. The normalized spacial score (nSPS) is 18.2. The maximum absolute atomic E-state index is 13.1. The van der Waals surface area contributed by atoms with Gasteiger partial charge in [-0.1, -0.05) is 39.0 Å². The number of alkyl halides is 3. The lowest BCUT2D eigenvalue weighted by Gasteiger charge is -2.37. The molecule has 4 aromatic rings. The van der Waals surface area contributed by atoms with Crippen molar-refractivity contribution in [2.75, 3.05) is 11.9 Å². The molecule has 0 saturated carbocycles. The number of carboxylic acid groups (broad SMARTS) is 1. The molecule has 0 spiro atoms. The van der Waals surface area contributed by atoms with Crippen LogP contribution in [0.25, 0.3) is 22.2 Å². The van der Waals surface area contributed by atoms with Crippen LogP contribution in [0.15, 0.2) is 67.0 Å². The summed E-state index contributed by atoms with van der Waals surface area (Å²) in [5, 5.41) is 18.6. The van der Waals surface area contributed by atoms with E-state index in [1.165, 1.54) is 11.0 Å². The number of carbonyl (C=O) groups is 1. The van der Waals surface area contributed by atoms with Crippen LogP contribution in [0.5, 0.6) is 0 Å². The lowest BCUT2D eigenvalue weighted by Crippen LogP contribution is -2.46. The van der Waals surface area contributed by atoms with E-state index in [0.717, 1.165) is 28.6 Å². The summed E-state index contributed by atoms with van der Waals surface area (Å²) in [6.45, 7) is 6.54. The Balaban J connectivity index is 1.48.